The molecule has 0 spiro atoms. The predicted octanol–water partition coefficient (Wildman–Crippen LogP) is 1.93. The van der Waals surface area contributed by atoms with Crippen LogP contribution in [0.4, 0.5) is 0 Å². The highest BCUT2D eigenvalue weighted by Crippen LogP contribution is 2.16. The SMILES string of the molecule is C=C/C(=C\C=C(/C)N)N1CCCCC1=O. The molecule has 0 aromatic heterocycles. The van der Waals surface area contributed by atoms with Gasteiger partial charge in [0.2, 0.25) is 5.91 Å². The second kappa shape index (κ2) is 5.39. The average Bonchev–Trinajstić information content (AvgIpc) is 2.21. The molecule has 1 aliphatic rings. The Morgan fingerprint density at radius 3 is 2.73 bits per heavy atom. The first-order valence-corrected chi connectivity index (χ1v) is 5.22. The molecule has 82 valence electrons. The fourth-order valence-electron chi connectivity index (χ4n) is 1.56. The van der Waals surface area contributed by atoms with Crippen molar-refractivity contribution in [1.29, 1.82) is 0 Å². The molecule has 15 heavy (non-hydrogen) atoms. The Balaban J connectivity index is 2.81. The number of carbonyl (C=O) groups excluding carboxylic acids is 1. The first kappa shape index (κ1) is 11.6. The number of carbonyl (C=O) groups is 1. The lowest BCUT2D eigenvalue weighted by molar-refractivity contribution is -0.130. The number of hydrogen-bond donors (Lipinski definition) is 1. The lowest BCUT2D eigenvalue weighted by Gasteiger charge is -2.27. The zero-order valence-electron chi connectivity index (χ0n) is 9.20. The van der Waals surface area contributed by atoms with Gasteiger partial charge in [0.1, 0.15) is 0 Å². The van der Waals surface area contributed by atoms with Crippen LogP contribution in [-0.2, 0) is 4.79 Å². The Kier molecular flexibility index (Phi) is 4.16. The number of piperidine rings is 1. The highest BCUT2D eigenvalue weighted by atomic mass is 16.2. The Labute approximate surface area is 90.9 Å². The summed E-state index contributed by atoms with van der Waals surface area (Å²) in [5, 5.41) is 0. The summed E-state index contributed by atoms with van der Waals surface area (Å²) in [5.74, 6) is 0.176. The van der Waals surface area contributed by atoms with E-state index in [2.05, 4.69) is 6.58 Å². The number of hydrogen-bond acceptors (Lipinski definition) is 2. The van der Waals surface area contributed by atoms with Gasteiger partial charge in [0.05, 0.1) is 0 Å². The Hall–Kier alpha value is -1.51. The lowest BCUT2D eigenvalue weighted by Crippen LogP contribution is -2.33. The molecule has 1 heterocycles. The van der Waals surface area contributed by atoms with Gasteiger partial charge in [-0.15, -0.1) is 0 Å². The van der Waals surface area contributed by atoms with Gasteiger partial charge in [-0.3, -0.25) is 4.79 Å². The van der Waals surface area contributed by atoms with E-state index in [0.717, 1.165) is 30.8 Å². The van der Waals surface area contributed by atoms with Crippen molar-refractivity contribution in [1.82, 2.24) is 4.90 Å². The van der Waals surface area contributed by atoms with Gasteiger partial charge in [-0.25, -0.2) is 0 Å². The van der Waals surface area contributed by atoms with Crippen molar-refractivity contribution in [3.05, 3.63) is 36.2 Å². The summed E-state index contributed by atoms with van der Waals surface area (Å²) in [7, 11) is 0. The van der Waals surface area contributed by atoms with Gasteiger partial charge < -0.3 is 10.6 Å². The molecule has 0 unspecified atom stereocenters. The third-order valence-electron chi connectivity index (χ3n) is 2.36. The Morgan fingerprint density at radius 1 is 1.47 bits per heavy atom. The van der Waals surface area contributed by atoms with Crippen LogP contribution in [0, 0.1) is 0 Å². The Morgan fingerprint density at radius 2 is 2.20 bits per heavy atom. The van der Waals surface area contributed by atoms with Crippen molar-refractivity contribution < 1.29 is 4.79 Å². The van der Waals surface area contributed by atoms with Crippen LogP contribution in [0.15, 0.2) is 36.2 Å². The van der Waals surface area contributed by atoms with E-state index in [-0.39, 0.29) is 5.91 Å². The van der Waals surface area contributed by atoms with Crippen molar-refractivity contribution in [2.24, 2.45) is 5.73 Å². The van der Waals surface area contributed by atoms with Crippen molar-refractivity contribution >= 4 is 5.91 Å². The molecule has 1 rings (SSSR count). The van der Waals surface area contributed by atoms with Gasteiger partial charge >= 0.3 is 0 Å². The average molecular weight is 206 g/mol. The van der Waals surface area contributed by atoms with Crippen molar-refractivity contribution in [2.75, 3.05) is 6.54 Å². The molecule has 0 radical (unpaired) electrons. The van der Waals surface area contributed by atoms with Gasteiger partial charge in [-0.2, -0.15) is 0 Å². The van der Waals surface area contributed by atoms with Crippen LogP contribution in [0.3, 0.4) is 0 Å². The zero-order chi connectivity index (χ0) is 11.3. The van der Waals surface area contributed by atoms with Gasteiger partial charge in [0.25, 0.3) is 0 Å². The number of rotatable bonds is 3. The summed E-state index contributed by atoms with van der Waals surface area (Å²) in [6.07, 6.45) is 8.01. The van der Waals surface area contributed by atoms with Crippen LogP contribution in [0.5, 0.6) is 0 Å². The van der Waals surface area contributed by atoms with Crippen LogP contribution >= 0.6 is 0 Å². The smallest absolute Gasteiger partial charge is 0.226 e. The molecule has 3 heteroatoms. The number of nitrogens with zero attached hydrogens (tertiary/aromatic N) is 1. The van der Waals surface area contributed by atoms with E-state index >= 15 is 0 Å². The molecule has 1 amide bonds. The van der Waals surface area contributed by atoms with Gasteiger partial charge in [0.15, 0.2) is 0 Å². The number of likely N-dealkylation sites (tertiary alicyclic amines) is 1. The summed E-state index contributed by atoms with van der Waals surface area (Å²) in [5.41, 5.74) is 7.10. The number of amides is 1. The van der Waals surface area contributed by atoms with E-state index in [1.165, 1.54) is 0 Å². The summed E-state index contributed by atoms with van der Waals surface area (Å²) >= 11 is 0. The van der Waals surface area contributed by atoms with Crippen LogP contribution in [-0.4, -0.2) is 17.4 Å². The standard InChI is InChI=1S/C12H18N2O/c1-3-11(8-7-10(2)13)14-9-5-4-6-12(14)15/h3,7-8H,1,4-6,9,13H2,2H3/b10-7+,11-8+. The fourth-order valence-corrected chi connectivity index (χ4v) is 1.56. The maximum atomic E-state index is 11.6. The van der Waals surface area contributed by atoms with Gasteiger partial charge in [0, 0.05) is 24.4 Å². The van der Waals surface area contributed by atoms with Crippen molar-refractivity contribution in [2.45, 2.75) is 26.2 Å². The van der Waals surface area contributed by atoms with Crippen LogP contribution in [0.1, 0.15) is 26.2 Å². The molecule has 3 nitrogen and oxygen atoms in total. The van der Waals surface area contributed by atoms with E-state index in [9.17, 15) is 4.79 Å². The molecule has 1 fully saturated rings. The molecule has 0 aliphatic carbocycles. The monoisotopic (exact) mass is 206 g/mol. The molecule has 0 atom stereocenters. The molecule has 0 saturated carbocycles. The van der Waals surface area contributed by atoms with Crippen LogP contribution < -0.4 is 5.73 Å². The molecular formula is C12H18N2O. The van der Waals surface area contributed by atoms with E-state index in [4.69, 9.17) is 5.73 Å². The second-order valence-electron chi connectivity index (χ2n) is 3.71. The van der Waals surface area contributed by atoms with E-state index < -0.39 is 0 Å². The largest absolute Gasteiger partial charge is 0.402 e. The van der Waals surface area contributed by atoms with Crippen molar-refractivity contribution in [3.8, 4) is 0 Å². The topological polar surface area (TPSA) is 46.3 Å². The highest BCUT2D eigenvalue weighted by Gasteiger charge is 2.19. The zero-order valence-corrected chi connectivity index (χ0v) is 9.20. The first-order chi connectivity index (χ1) is 7.15. The minimum absolute atomic E-state index is 0.176. The van der Waals surface area contributed by atoms with Crippen LogP contribution in [0.25, 0.3) is 0 Å². The van der Waals surface area contributed by atoms with E-state index in [1.54, 1.807) is 17.1 Å². The minimum atomic E-state index is 0.176. The molecule has 0 aromatic rings. The Bertz CT molecular complexity index is 312. The molecule has 1 saturated heterocycles. The first-order valence-electron chi connectivity index (χ1n) is 5.22. The number of nitrogens with two attached hydrogens (primary N) is 1. The summed E-state index contributed by atoms with van der Waals surface area (Å²) < 4.78 is 0. The third kappa shape index (κ3) is 3.27. The summed E-state index contributed by atoms with van der Waals surface area (Å²) in [6, 6.07) is 0. The fraction of sp³-hybridized carbons (Fsp3) is 0.417. The highest BCUT2D eigenvalue weighted by molar-refractivity contribution is 5.79. The maximum absolute atomic E-state index is 11.6. The maximum Gasteiger partial charge on any atom is 0.226 e. The van der Waals surface area contributed by atoms with Crippen LogP contribution in [0.2, 0.25) is 0 Å². The molecule has 2 N–H and O–H groups in total. The normalized spacial score (nSPS) is 19.3. The second-order valence-corrected chi connectivity index (χ2v) is 3.71. The summed E-state index contributed by atoms with van der Waals surface area (Å²) in [6.45, 7) is 6.32. The molecule has 0 aromatic carbocycles. The molecule has 0 bridgehead atoms. The van der Waals surface area contributed by atoms with E-state index in [0.29, 0.717) is 6.42 Å². The quantitative estimate of drug-likeness (QED) is 0.717. The number of allylic oxidation sites excluding steroid dienone is 4. The van der Waals surface area contributed by atoms with Gasteiger partial charge in [-0.1, -0.05) is 6.58 Å². The summed E-state index contributed by atoms with van der Waals surface area (Å²) in [4.78, 5) is 13.4. The van der Waals surface area contributed by atoms with Crippen molar-refractivity contribution in [3.63, 3.8) is 0 Å². The molecular weight excluding hydrogens is 188 g/mol. The lowest BCUT2D eigenvalue weighted by atomic mass is 10.1. The molecule has 1 aliphatic heterocycles. The third-order valence-corrected chi connectivity index (χ3v) is 2.36. The predicted molar refractivity (Wildman–Crippen MR) is 61.8 cm³/mol. The minimum Gasteiger partial charge on any atom is -0.402 e. The van der Waals surface area contributed by atoms with Gasteiger partial charge in [-0.05, 0) is 38.0 Å². The van der Waals surface area contributed by atoms with E-state index in [1.807, 2.05) is 13.0 Å².